The molecule has 1 aliphatic rings. The van der Waals surface area contributed by atoms with Gasteiger partial charge in [-0.05, 0) is 31.2 Å². The van der Waals surface area contributed by atoms with Gasteiger partial charge in [-0.2, -0.15) is 0 Å². The van der Waals surface area contributed by atoms with Crippen molar-refractivity contribution < 1.29 is 4.92 Å². The van der Waals surface area contributed by atoms with Crippen LogP contribution in [0.25, 0.3) is 0 Å². The van der Waals surface area contributed by atoms with E-state index in [4.69, 9.17) is 5.73 Å². The molecule has 104 valence electrons. The lowest BCUT2D eigenvalue weighted by Gasteiger charge is -2.21. The van der Waals surface area contributed by atoms with Gasteiger partial charge in [0.2, 0.25) is 0 Å². The molecule has 0 bridgehead atoms. The number of nitrogens with zero attached hydrogens (tertiary/aromatic N) is 1. The zero-order valence-corrected chi connectivity index (χ0v) is 12.4. The van der Waals surface area contributed by atoms with Crippen LogP contribution in [0, 0.1) is 16.0 Å². The van der Waals surface area contributed by atoms with Gasteiger partial charge in [0.05, 0.1) is 4.92 Å². The van der Waals surface area contributed by atoms with Crippen molar-refractivity contribution in [1.82, 2.24) is 0 Å². The first-order chi connectivity index (χ1) is 9.08. The van der Waals surface area contributed by atoms with E-state index in [1.165, 1.54) is 19.3 Å². The summed E-state index contributed by atoms with van der Waals surface area (Å²) in [5.74, 6) is 0.363. The number of hydrogen-bond donors (Lipinski definition) is 1. The number of nitro groups is 1. The van der Waals surface area contributed by atoms with E-state index in [2.05, 4.69) is 15.9 Å². The Kier molecular flexibility index (Phi) is 4.93. The largest absolute Gasteiger partial charge is 0.327 e. The molecule has 0 aromatic heterocycles. The molecule has 1 aromatic rings. The van der Waals surface area contributed by atoms with Crippen LogP contribution in [0.4, 0.5) is 5.69 Å². The maximum atomic E-state index is 11.1. The minimum absolute atomic E-state index is 0.172. The molecule has 1 saturated carbocycles. The second-order valence-corrected chi connectivity index (χ2v) is 6.21. The van der Waals surface area contributed by atoms with Crippen molar-refractivity contribution >= 4 is 21.6 Å². The lowest BCUT2D eigenvalue weighted by Crippen LogP contribution is -2.30. The highest BCUT2D eigenvalue weighted by atomic mass is 79.9. The zero-order valence-electron chi connectivity index (χ0n) is 10.8. The number of nitrogens with two attached hydrogens (primary N) is 1. The van der Waals surface area contributed by atoms with Crippen LogP contribution in [-0.4, -0.2) is 11.0 Å². The van der Waals surface area contributed by atoms with Gasteiger partial charge in [0.25, 0.3) is 5.69 Å². The number of hydrogen-bond acceptors (Lipinski definition) is 3. The van der Waals surface area contributed by atoms with Crippen LogP contribution in [0.2, 0.25) is 0 Å². The average molecular weight is 327 g/mol. The molecule has 1 aromatic carbocycles. The van der Waals surface area contributed by atoms with Crippen molar-refractivity contribution in [1.29, 1.82) is 0 Å². The van der Waals surface area contributed by atoms with Crippen molar-refractivity contribution in [2.45, 2.75) is 44.6 Å². The van der Waals surface area contributed by atoms with E-state index in [0.717, 1.165) is 22.9 Å². The van der Waals surface area contributed by atoms with Crippen molar-refractivity contribution in [3.63, 3.8) is 0 Å². The molecule has 1 fully saturated rings. The summed E-state index contributed by atoms with van der Waals surface area (Å²) in [5.41, 5.74) is 7.21. The summed E-state index contributed by atoms with van der Waals surface area (Å²) in [4.78, 5) is 10.8. The van der Waals surface area contributed by atoms with Gasteiger partial charge in [0.1, 0.15) is 0 Å². The summed E-state index contributed by atoms with van der Waals surface area (Å²) in [7, 11) is 0. The van der Waals surface area contributed by atoms with Crippen molar-refractivity contribution in [3.8, 4) is 0 Å². The Balaban J connectivity index is 2.19. The van der Waals surface area contributed by atoms with Gasteiger partial charge in [-0.3, -0.25) is 10.1 Å². The Bertz CT molecular complexity index is 465. The molecular weight excluding hydrogens is 308 g/mol. The van der Waals surface area contributed by atoms with E-state index in [-0.39, 0.29) is 16.7 Å². The summed E-state index contributed by atoms with van der Waals surface area (Å²) < 4.78 is 0.744. The molecule has 2 N–H and O–H groups in total. The molecule has 1 aliphatic carbocycles. The van der Waals surface area contributed by atoms with E-state index < -0.39 is 0 Å². The number of halogens is 1. The Morgan fingerprint density at radius 1 is 1.32 bits per heavy atom. The van der Waals surface area contributed by atoms with Gasteiger partial charge in [0, 0.05) is 22.1 Å². The zero-order chi connectivity index (χ0) is 13.8. The molecule has 2 unspecified atom stereocenters. The second-order valence-electron chi connectivity index (χ2n) is 5.30. The molecule has 0 amide bonds. The van der Waals surface area contributed by atoms with Crippen LogP contribution >= 0.6 is 15.9 Å². The van der Waals surface area contributed by atoms with Crippen LogP contribution in [0.3, 0.4) is 0 Å². The number of benzene rings is 1. The van der Waals surface area contributed by atoms with E-state index in [1.807, 2.05) is 12.1 Å². The van der Waals surface area contributed by atoms with E-state index in [9.17, 15) is 10.1 Å². The first kappa shape index (κ1) is 14.5. The van der Waals surface area contributed by atoms with Crippen LogP contribution in [0.15, 0.2) is 22.7 Å². The molecular formula is C14H19BrN2O2. The normalized spacial score (nSPS) is 23.9. The van der Waals surface area contributed by atoms with E-state index >= 15 is 0 Å². The van der Waals surface area contributed by atoms with Gasteiger partial charge in [0.15, 0.2) is 0 Å². The van der Waals surface area contributed by atoms with Crippen molar-refractivity contribution in [2.24, 2.45) is 11.7 Å². The summed E-state index contributed by atoms with van der Waals surface area (Å²) >= 11 is 3.29. The Morgan fingerprint density at radius 3 is 2.79 bits per heavy atom. The van der Waals surface area contributed by atoms with Crippen molar-refractivity contribution in [3.05, 3.63) is 38.3 Å². The lowest BCUT2D eigenvalue weighted by atomic mass is 9.88. The highest BCUT2D eigenvalue weighted by molar-refractivity contribution is 9.10. The fourth-order valence-electron chi connectivity index (χ4n) is 2.83. The Morgan fingerprint density at radius 2 is 2.05 bits per heavy atom. The highest BCUT2D eigenvalue weighted by Crippen LogP contribution is 2.30. The maximum absolute atomic E-state index is 11.1. The third-order valence-electron chi connectivity index (χ3n) is 3.94. The first-order valence-electron chi connectivity index (χ1n) is 6.76. The Hall–Kier alpha value is -0.940. The quantitative estimate of drug-likeness (QED) is 0.521. The molecule has 5 heteroatoms. The topological polar surface area (TPSA) is 69.2 Å². The molecule has 4 nitrogen and oxygen atoms in total. The standard InChI is InChI=1S/C14H19BrN2O2/c15-12-7-6-11(14(9-12)17(18)19)8-10-4-2-1-3-5-13(10)16/h6-7,9-10,13H,1-5,8,16H2. The number of nitro benzene ring substituents is 1. The predicted octanol–water partition coefficient (Wildman–Crippen LogP) is 3.81. The molecule has 0 saturated heterocycles. The fraction of sp³-hybridized carbons (Fsp3) is 0.571. The molecule has 2 atom stereocenters. The molecule has 0 aliphatic heterocycles. The maximum Gasteiger partial charge on any atom is 0.273 e. The second kappa shape index (κ2) is 6.48. The third-order valence-corrected chi connectivity index (χ3v) is 4.44. The van der Waals surface area contributed by atoms with Crippen LogP contribution in [0.5, 0.6) is 0 Å². The summed E-state index contributed by atoms with van der Waals surface area (Å²) in [6.07, 6.45) is 6.42. The molecule has 0 radical (unpaired) electrons. The third kappa shape index (κ3) is 3.76. The van der Waals surface area contributed by atoms with Gasteiger partial charge in [-0.15, -0.1) is 0 Å². The van der Waals surface area contributed by atoms with E-state index in [1.54, 1.807) is 6.07 Å². The molecule has 0 spiro atoms. The Labute approximate surface area is 121 Å². The molecule has 19 heavy (non-hydrogen) atoms. The van der Waals surface area contributed by atoms with Gasteiger partial charge in [-0.1, -0.05) is 41.3 Å². The SMILES string of the molecule is NC1CCCCCC1Cc1ccc(Br)cc1[N+](=O)[O-]. The number of rotatable bonds is 3. The van der Waals surface area contributed by atoms with Gasteiger partial charge < -0.3 is 5.73 Å². The van der Waals surface area contributed by atoms with Gasteiger partial charge >= 0.3 is 0 Å². The van der Waals surface area contributed by atoms with Crippen LogP contribution in [0.1, 0.15) is 37.7 Å². The van der Waals surface area contributed by atoms with Crippen LogP contribution < -0.4 is 5.73 Å². The van der Waals surface area contributed by atoms with Crippen molar-refractivity contribution in [2.75, 3.05) is 0 Å². The molecule has 0 heterocycles. The van der Waals surface area contributed by atoms with Crippen LogP contribution in [-0.2, 0) is 6.42 Å². The molecule has 2 rings (SSSR count). The summed E-state index contributed by atoms with van der Waals surface area (Å²) in [6.45, 7) is 0. The minimum atomic E-state index is -0.303. The fourth-order valence-corrected chi connectivity index (χ4v) is 3.18. The summed E-state index contributed by atoms with van der Waals surface area (Å²) in [5, 5.41) is 11.1. The van der Waals surface area contributed by atoms with Gasteiger partial charge in [-0.25, -0.2) is 0 Å². The predicted molar refractivity (Wildman–Crippen MR) is 79.1 cm³/mol. The highest BCUT2D eigenvalue weighted by Gasteiger charge is 2.24. The lowest BCUT2D eigenvalue weighted by molar-refractivity contribution is -0.385. The first-order valence-corrected chi connectivity index (χ1v) is 7.55. The average Bonchev–Trinajstić information content (AvgIpc) is 2.57. The van der Waals surface area contributed by atoms with E-state index in [0.29, 0.717) is 12.3 Å². The minimum Gasteiger partial charge on any atom is -0.327 e. The monoisotopic (exact) mass is 326 g/mol. The smallest absolute Gasteiger partial charge is 0.273 e. The summed E-state index contributed by atoms with van der Waals surface area (Å²) in [6, 6.07) is 5.47.